The first-order valence-corrected chi connectivity index (χ1v) is 4.51. The van der Waals surface area contributed by atoms with Crippen LogP contribution in [-0.2, 0) is 14.8 Å². The van der Waals surface area contributed by atoms with E-state index in [0.717, 1.165) is 6.42 Å². The van der Waals surface area contributed by atoms with Gasteiger partial charge in [0.2, 0.25) is 0 Å². The Labute approximate surface area is 70.2 Å². The molecule has 0 aromatic heterocycles. The Hall–Kier alpha value is 0.756. The monoisotopic (exact) mass is 194 g/mol. The maximum atomic E-state index is 5.14. The molecule has 0 aliphatic rings. The summed E-state index contributed by atoms with van der Waals surface area (Å²) in [6.45, 7) is 3.92. The summed E-state index contributed by atoms with van der Waals surface area (Å²) in [5.41, 5.74) is 5.14. The van der Waals surface area contributed by atoms with E-state index >= 15 is 0 Å². The van der Waals surface area contributed by atoms with Gasteiger partial charge < -0.3 is 5.73 Å². The molecule has 0 aliphatic heterocycles. The van der Waals surface area contributed by atoms with Crippen molar-refractivity contribution in [2.75, 3.05) is 0 Å². The molecule has 0 amide bonds. The zero-order valence-corrected chi connectivity index (χ0v) is 7.49. The van der Waals surface area contributed by atoms with Crippen molar-refractivity contribution in [2.24, 2.45) is 5.73 Å². The van der Waals surface area contributed by atoms with E-state index in [-0.39, 0.29) is 0 Å². The van der Waals surface area contributed by atoms with Crippen LogP contribution in [0.4, 0.5) is 0 Å². The van der Waals surface area contributed by atoms with Crippen LogP contribution in [0.5, 0.6) is 0 Å². The molecule has 0 aromatic carbocycles. The fourth-order valence-corrected chi connectivity index (χ4v) is 0.512. The van der Waals surface area contributed by atoms with Crippen LogP contribution >= 0.6 is 10.1 Å². The van der Waals surface area contributed by atoms with Crippen LogP contribution in [-0.4, -0.2) is 0 Å². The van der Waals surface area contributed by atoms with Gasteiger partial charge in [0.25, 0.3) is 0 Å². The Morgan fingerprint density at radius 1 is 1.44 bits per heavy atom. The zero-order chi connectivity index (χ0) is 7.54. The third-order valence-corrected chi connectivity index (χ3v) is 0.974. The van der Waals surface area contributed by atoms with Crippen LogP contribution in [0, 0.1) is 6.54 Å². The van der Waals surface area contributed by atoms with Crippen molar-refractivity contribution < 1.29 is 14.8 Å². The number of rotatable bonds is 4. The molecule has 0 atom stereocenters. The Morgan fingerprint density at radius 3 is 2.33 bits per heavy atom. The molecule has 0 saturated carbocycles. The van der Waals surface area contributed by atoms with Crippen molar-refractivity contribution in [1.82, 2.24) is 0 Å². The van der Waals surface area contributed by atoms with Gasteiger partial charge in [-0.1, -0.05) is 26.2 Å². The van der Waals surface area contributed by atoms with E-state index in [1.165, 1.54) is 19.3 Å². The van der Waals surface area contributed by atoms with Gasteiger partial charge in [0.15, 0.2) is 0 Å². The van der Waals surface area contributed by atoms with E-state index in [9.17, 15) is 0 Å². The maximum absolute atomic E-state index is 5.14. The van der Waals surface area contributed by atoms with E-state index < -0.39 is 0 Å². The molecule has 0 rings (SSSR count). The number of unbranched alkanes of at least 4 members (excludes halogenated alkanes) is 3. The van der Waals surface area contributed by atoms with Crippen LogP contribution in [0.1, 0.15) is 32.6 Å². The topological polar surface area (TPSA) is 26.0 Å². The molecule has 1 nitrogen and oxygen atoms in total. The van der Waals surface area contributed by atoms with E-state index in [1.54, 1.807) is 6.54 Å². The second kappa shape index (κ2) is 15.9. The molecule has 0 aliphatic carbocycles. The molecule has 0 saturated heterocycles. The number of halogens is 1. The Morgan fingerprint density at radius 2 is 2.00 bits per heavy atom. The molecule has 9 heavy (non-hydrogen) atoms. The fraction of sp³-hybridized carbons (Fsp3) is 0.833. The fourth-order valence-electron chi connectivity index (χ4n) is 0.512. The Kier molecular flexibility index (Phi) is 22.0. The van der Waals surface area contributed by atoms with Gasteiger partial charge in [-0.3, -0.25) is 6.54 Å². The molecular weight excluding hydrogens is 180 g/mol. The summed E-state index contributed by atoms with van der Waals surface area (Å²) in [6, 6.07) is 0. The summed E-state index contributed by atoms with van der Waals surface area (Å²) in [6.07, 6.45) is 4.93. The quantitative estimate of drug-likeness (QED) is 0.540. The SMILES string of the molecule is CCCCC[CH-]N.[Cl][Co+]. The molecule has 59 valence electrons. The molecule has 0 fully saturated rings. The number of hydrogen-bond donors (Lipinski definition) is 1. The molecule has 0 bridgehead atoms. The molecule has 0 heterocycles. The zero-order valence-electron chi connectivity index (χ0n) is 5.69. The third kappa shape index (κ3) is 17.7. The standard InChI is InChI=1S/C6H14N.ClH.Co/c1-2-3-4-5-6-7;;/h6H,2-5,7H2,1H3;1H;/q-1;;+2/p-1. The van der Waals surface area contributed by atoms with Crippen molar-refractivity contribution >= 4 is 10.1 Å². The Bertz CT molecular complexity index is 32.2. The van der Waals surface area contributed by atoms with Crippen molar-refractivity contribution in [3.63, 3.8) is 0 Å². The molecule has 2 N–H and O–H groups in total. The van der Waals surface area contributed by atoms with Crippen LogP contribution in [0.25, 0.3) is 0 Å². The van der Waals surface area contributed by atoms with Gasteiger partial charge >= 0.3 is 25.0 Å². The van der Waals surface area contributed by atoms with Crippen molar-refractivity contribution in [3.05, 3.63) is 6.54 Å². The van der Waals surface area contributed by atoms with Crippen molar-refractivity contribution in [2.45, 2.75) is 32.6 Å². The Balaban J connectivity index is 0. The summed E-state index contributed by atoms with van der Waals surface area (Å²) in [4.78, 5) is 0. The predicted molar refractivity (Wildman–Crippen MR) is 38.5 cm³/mol. The number of nitrogens with two attached hydrogens (primary N) is 1. The predicted octanol–water partition coefficient (Wildman–Crippen LogP) is 2.37. The summed E-state index contributed by atoms with van der Waals surface area (Å²) < 4.78 is 0. The second-order valence-electron chi connectivity index (χ2n) is 1.73. The normalized spacial score (nSPS) is 8.00. The molecule has 0 radical (unpaired) electrons. The van der Waals surface area contributed by atoms with E-state index in [4.69, 9.17) is 5.73 Å². The van der Waals surface area contributed by atoms with E-state index in [1.807, 2.05) is 0 Å². The minimum atomic E-state index is 1.08. The summed E-state index contributed by atoms with van der Waals surface area (Å²) in [7, 11) is 4.33. The molecule has 0 aromatic rings. The van der Waals surface area contributed by atoms with Gasteiger partial charge in [0, 0.05) is 0 Å². The molecule has 0 unspecified atom stereocenters. The third-order valence-electron chi connectivity index (χ3n) is 0.974. The van der Waals surface area contributed by atoms with Crippen LogP contribution in [0.3, 0.4) is 0 Å². The summed E-state index contributed by atoms with van der Waals surface area (Å²) in [5.74, 6) is 0. The first-order valence-electron chi connectivity index (χ1n) is 3.07. The van der Waals surface area contributed by atoms with Crippen LogP contribution < -0.4 is 5.73 Å². The summed E-state index contributed by atoms with van der Waals surface area (Å²) in [5, 5.41) is 0. The second-order valence-corrected chi connectivity index (χ2v) is 1.73. The van der Waals surface area contributed by atoms with E-state index in [2.05, 4.69) is 31.9 Å². The van der Waals surface area contributed by atoms with Gasteiger partial charge in [-0.15, -0.1) is 0 Å². The van der Waals surface area contributed by atoms with Gasteiger partial charge in [-0.2, -0.15) is 6.42 Å². The van der Waals surface area contributed by atoms with Crippen LogP contribution in [0.15, 0.2) is 0 Å². The average Bonchev–Trinajstić information content (AvgIpc) is 1.94. The van der Waals surface area contributed by atoms with Gasteiger partial charge in [0.1, 0.15) is 0 Å². The molecular formula is C6H14ClCoN. The first-order chi connectivity index (χ1) is 4.41. The average molecular weight is 195 g/mol. The molecule has 3 heteroatoms. The first kappa shape index (κ1) is 12.4. The van der Waals surface area contributed by atoms with Crippen LogP contribution in [0.2, 0.25) is 0 Å². The number of hydrogen-bond acceptors (Lipinski definition) is 1. The summed E-state index contributed by atoms with van der Waals surface area (Å²) >= 11 is 3.03. The van der Waals surface area contributed by atoms with Gasteiger partial charge in [-0.25, -0.2) is 0 Å². The van der Waals surface area contributed by atoms with Crippen molar-refractivity contribution in [3.8, 4) is 0 Å². The molecule has 0 spiro atoms. The van der Waals surface area contributed by atoms with Gasteiger partial charge in [-0.05, 0) is 0 Å². The van der Waals surface area contributed by atoms with Gasteiger partial charge in [0.05, 0.1) is 0 Å². The van der Waals surface area contributed by atoms with E-state index in [0.29, 0.717) is 0 Å². The van der Waals surface area contributed by atoms with Crippen molar-refractivity contribution in [1.29, 1.82) is 0 Å². The minimum absolute atomic E-state index is 1.08.